The van der Waals surface area contributed by atoms with E-state index in [0.717, 1.165) is 59.2 Å². The average molecular weight is 481 g/mol. The van der Waals surface area contributed by atoms with Crippen molar-refractivity contribution in [3.8, 4) is 5.75 Å². The molecule has 1 aromatic heterocycles. The Morgan fingerprint density at radius 2 is 1.61 bits per heavy atom. The van der Waals surface area contributed by atoms with Gasteiger partial charge >= 0.3 is 0 Å². The second-order valence-electron chi connectivity index (χ2n) is 9.53. The number of fused-ring (bicyclic) bond motifs is 1. The fourth-order valence-electron chi connectivity index (χ4n) is 5.23. The van der Waals surface area contributed by atoms with E-state index in [2.05, 4.69) is 16.4 Å². The van der Waals surface area contributed by atoms with Crippen LogP contribution < -0.4 is 10.1 Å². The van der Waals surface area contributed by atoms with Gasteiger partial charge in [0.15, 0.2) is 0 Å². The number of rotatable bonds is 9. The lowest BCUT2D eigenvalue weighted by molar-refractivity contribution is -0.124. The molecule has 5 rings (SSSR count). The second-order valence-corrected chi connectivity index (χ2v) is 9.53. The van der Waals surface area contributed by atoms with E-state index in [1.165, 1.54) is 0 Å². The number of nitrogens with one attached hydrogen (secondary N) is 1. The van der Waals surface area contributed by atoms with Gasteiger partial charge in [-0.15, -0.1) is 0 Å². The molecule has 1 unspecified atom stereocenters. The molecule has 0 bridgehead atoms. The van der Waals surface area contributed by atoms with E-state index >= 15 is 0 Å². The number of para-hydroxylation sites is 1. The van der Waals surface area contributed by atoms with Crippen molar-refractivity contribution < 1.29 is 14.6 Å². The van der Waals surface area contributed by atoms with Crippen molar-refractivity contribution >= 4 is 16.8 Å². The van der Waals surface area contributed by atoms with Gasteiger partial charge in [0.2, 0.25) is 5.91 Å². The van der Waals surface area contributed by atoms with Gasteiger partial charge in [0.05, 0.1) is 29.8 Å². The predicted octanol–water partition coefficient (Wildman–Crippen LogP) is 5.94. The number of nitrogens with zero attached hydrogens (tertiary/aromatic N) is 1. The third-order valence-electron chi connectivity index (χ3n) is 7.14. The van der Waals surface area contributed by atoms with E-state index in [1.54, 1.807) is 0 Å². The Bertz CT molecular complexity index is 1280. The quantitative estimate of drug-likeness (QED) is 0.311. The van der Waals surface area contributed by atoms with Crippen LogP contribution in [0.4, 0.5) is 0 Å². The zero-order valence-corrected chi connectivity index (χ0v) is 20.3. The lowest BCUT2D eigenvalue weighted by Crippen LogP contribution is -2.37. The van der Waals surface area contributed by atoms with Crippen molar-refractivity contribution in [2.45, 2.75) is 44.2 Å². The number of carbonyl (C=O) groups excluding carboxylic acids is 1. The zero-order valence-electron chi connectivity index (χ0n) is 20.3. The minimum Gasteiger partial charge on any atom is -0.487 e. The van der Waals surface area contributed by atoms with Gasteiger partial charge in [-0.1, -0.05) is 79.6 Å². The first-order valence-electron chi connectivity index (χ1n) is 12.7. The minimum absolute atomic E-state index is 0.0289. The summed E-state index contributed by atoms with van der Waals surface area (Å²) < 4.78 is 6.01. The largest absolute Gasteiger partial charge is 0.487 e. The normalized spacial score (nSPS) is 15.5. The Morgan fingerprint density at radius 3 is 2.36 bits per heavy atom. The van der Waals surface area contributed by atoms with Crippen molar-refractivity contribution in [3.05, 3.63) is 108 Å². The molecule has 0 aliphatic heterocycles. The molecular formula is C31H32N2O3. The van der Waals surface area contributed by atoms with Crippen LogP contribution in [0.25, 0.3) is 10.9 Å². The summed E-state index contributed by atoms with van der Waals surface area (Å²) in [5.74, 6) is 0.769. The summed E-state index contributed by atoms with van der Waals surface area (Å²) in [6.45, 7) is 0.245. The molecule has 1 heterocycles. The van der Waals surface area contributed by atoms with E-state index in [0.29, 0.717) is 12.5 Å². The van der Waals surface area contributed by atoms with Crippen molar-refractivity contribution in [3.63, 3.8) is 0 Å². The first kappa shape index (κ1) is 24.0. The van der Waals surface area contributed by atoms with Crippen molar-refractivity contribution in [2.24, 2.45) is 5.92 Å². The first-order chi connectivity index (χ1) is 17.7. The maximum absolute atomic E-state index is 13.5. The van der Waals surface area contributed by atoms with Crippen LogP contribution in [0.1, 0.15) is 54.5 Å². The number of amides is 1. The van der Waals surface area contributed by atoms with Crippen LogP contribution in [0.5, 0.6) is 5.75 Å². The molecule has 0 spiro atoms. The number of pyridine rings is 1. The summed E-state index contributed by atoms with van der Waals surface area (Å²) in [5, 5.41) is 14.2. The molecule has 0 radical (unpaired) electrons. The molecule has 1 aliphatic rings. The Kier molecular flexibility index (Phi) is 7.58. The Balaban J connectivity index is 1.29. The van der Waals surface area contributed by atoms with E-state index in [4.69, 9.17) is 4.74 Å². The fourth-order valence-corrected chi connectivity index (χ4v) is 5.23. The molecule has 1 saturated carbocycles. The molecule has 184 valence electrons. The number of ether oxygens (including phenoxy) is 1. The molecule has 1 amide bonds. The highest BCUT2D eigenvalue weighted by atomic mass is 16.5. The number of hydrogen-bond acceptors (Lipinski definition) is 4. The van der Waals surface area contributed by atoms with E-state index in [1.807, 2.05) is 84.9 Å². The van der Waals surface area contributed by atoms with E-state index in [-0.39, 0.29) is 18.4 Å². The molecule has 4 aromatic rings. The predicted molar refractivity (Wildman–Crippen MR) is 142 cm³/mol. The molecule has 2 N–H and O–H groups in total. The molecule has 3 aromatic carbocycles. The maximum Gasteiger partial charge on any atom is 0.228 e. The number of aromatic nitrogens is 1. The number of aliphatic hydroxyl groups is 1. The van der Waals surface area contributed by atoms with Crippen LogP contribution in [0.3, 0.4) is 0 Å². The van der Waals surface area contributed by atoms with Crippen LogP contribution in [0.2, 0.25) is 0 Å². The van der Waals surface area contributed by atoms with Crippen molar-refractivity contribution in [2.75, 3.05) is 6.61 Å². The highest BCUT2D eigenvalue weighted by Gasteiger charge is 2.33. The van der Waals surface area contributed by atoms with Gasteiger partial charge in [0, 0.05) is 5.39 Å². The summed E-state index contributed by atoms with van der Waals surface area (Å²) in [6, 6.07) is 29.2. The molecule has 0 saturated heterocycles. The lowest BCUT2D eigenvalue weighted by Gasteiger charge is -2.26. The maximum atomic E-state index is 13.5. The first-order valence-corrected chi connectivity index (χ1v) is 12.7. The highest BCUT2D eigenvalue weighted by Crippen LogP contribution is 2.38. The van der Waals surface area contributed by atoms with Gasteiger partial charge in [-0.05, 0) is 54.2 Å². The molecule has 5 nitrogen and oxygen atoms in total. The van der Waals surface area contributed by atoms with Gasteiger partial charge < -0.3 is 15.2 Å². The smallest absolute Gasteiger partial charge is 0.228 e. The van der Waals surface area contributed by atoms with Crippen LogP contribution in [0.15, 0.2) is 91.0 Å². The van der Waals surface area contributed by atoms with Crippen molar-refractivity contribution in [1.29, 1.82) is 0 Å². The summed E-state index contributed by atoms with van der Waals surface area (Å²) in [4.78, 5) is 18.2. The molecule has 5 heteroatoms. The molecular weight excluding hydrogens is 448 g/mol. The molecule has 36 heavy (non-hydrogen) atoms. The van der Waals surface area contributed by atoms with Gasteiger partial charge in [0.1, 0.15) is 12.4 Å². The Morgan fingerprint density at radius 1 is 0.889 bits per heavy atom. The minimum atomic E-state index is -0.417. The van der Waals surface area contributed by atoms with Gasteiger partial charge in [-0.2, -0.15) is 0 Å². The third kappa shape index (κ3) is 5.58. The SMILES string of the molecule is O=C(N[C@H](CO)c1ccccc1)C(c1ccc(OCc2ccc3ccccc3n2)cc1)C1CCCC1. The number of benzene rings is 3. The molecule has 1 fully saturated rings. The fraction of sp³-hybridized carbons (Fsp3) is 0.290. The second kappa shape index (κ2) is 11.4. The standard InChI is InChI=1S/C31H32N2O3/c34-20-29(22-8-2-1-3-9-22)33-31(35)30(24-11-4-5-12-24)25-15-18-27(19-16-25)36-21-26-17-14-23-10-6-7-13-28(23)32-26/h1-3,6-10,13-19,24,29-30,34H,4-5,11-12,20-21H2,(H,33,35)/t29-,30?/m1/s1. The van der Waals surface area contributed by atoms with Crippen molar-refractivity contribution in [1.82, 2.24) is 10.3 Å². The topological polar surface area (TPSA) is 71.5 Å². The summed E-state index contributed by atoms with van der Waals surface area (Å²) in [5.41, 5.74) is 3.72. The van der Waals surface area contributed by atoms with Crippen LogP contribution in [0, 0.1) is 5.92 Å². The Hall–Kier alpha value is -3.70. The van der Waals surface area contributed by atoms with Crippen LogP contribution >= 0.6 is 0 Å². The third-order valence-corrected chi connectivity index (χ3v) is 7.14. The summed E-state index contributed by atoms with van der Waals surface area (Å²) in [7, 11) is 0. The molecule has 2 atom stereocenters. The Labute approximate surface area is 212 Å². The summed E-state index contributed by atoms with van der Waals surface area (Å²) >= 11 is 0. The van der Waals surface area contributed by atoms with Gasteiger partial charge in [-0.3, -0.25) is 4.79 Å². The number of hydrogen-bond donors (Lipinski definition) is 2. The van der Waals surface area contributed by atoms with Gasteiger partial charge in [0.25, 0.3) is 0 Å². The number of carbonyl (C=O) groups is 1. The van der Waals surface area contributed by atoms with Gasteiger partial charge in [-0.25, -0.2) is 4.98 Å². The zero-order chi connectivity index (χ0) is 24.7. The monoisotopic (exact) mass is 480 g/mol. The highest BCUT2D eigenvalue weighted by molar-refractivity contribution is 5.84. The van der Waals surface area contributed by atoms with Crippen LogP contribution in [-0.4, -0.2) is 22.6 Å². The van der Waals surface area contributed by atoms with Crippen LogP contribution in [-0.2, 0) is 11.4 Å². The average Bonchev–Trinajstić information content (AvgIpc) is 3.46. The molecule has 1 aliphatic carbocycles. The lowest BCUT2D eigenvalue weighted by atomic mass is 9.83. The van der Waals surface area contributed by atoms with E-state index < -0.39 is 6.04 Å². The summed E-state index contributed by atoms with van der Waals surface area (Å²) in [6.07, 6.45) is 4.38. The number of aliphatic hydroxyl groups excluding tert-OH is 1. The van der Waals surface area contributed by atoms with E-state index in [9.17, 15) is 9.90 Å².